The van der Waals surface area contributed by atoms with Gasteiger partial charge in [-0.25, -0.2) is 8.42 Å². The smallest absolute Gasteiger partial charge is 0.270 e. The molecule has 1 amide bonds. The molecule has 0 atom stereocenters. The van der Waals surface area contributed by atoms with Gasteiger partial charge in [-0.05, 0) is 0 Å². The summed E-state index contributed by atoms with van der Waals surface area (Å²) in [5, 5.41) is 5.67. The molecule has 7 nitrogen and oxygen atoms in total. The summed E-state index contributed by atoms with van der Waals surface area (Å²) in [5.41, 5.74) is 4.82. The van der Waals surface area contributed by atoms with Gasteiger partial charge in [0.05, 0.1) is 0 Å². The van der Waals surface area contributed by atoms with E-state index in [-0.39, 0.29) is 17.5 Å². The molecule has 1 rings (SSSR count). The van der Waals surface area contributed by atoms with E-state index in [2.05, 4.69) is 15.0 Å². The Hall–Kier alpha value is -1.57. The second-order valence-corrected chi connectivity index (χ2v) is 3.09. The third kappa shape index (κ3) is 2.75. The van der Waals surface area contributed by atoms with Crippen molar-refractivity contribution in [2.75, 3.05) is 11.2 Å². The number of carbonyl (C=O) groups is 1. The summed E-state index contributed by atoms with van der Waals surface area (Å²) in [6.07, 6.45) is 0. The molecule has 0 saturated carbocycles. The molecule has 0 aliphatic rings. The second kappa shape index (κ2) is 3.90. The number of amides is 1. The monoisotopic (exact) mass is 205 g/mol. The van der Waals surface area contributed by atoms with Crippen LogP contribution < -0.4 is 11.1 Å². The Morgan fingerprint density at radius 3 is 2.85 bits per heavy atom. The number of aromatic nitrogens is 1. The van der Waals surface area contributed by atoms with Gasteiger partial charge >= 0.3 is 0 Å². The molecule has 0 fully saturated rings. The first-order valence-electron chi connectivity index (χ1n) is 3.22. The number of hydrogen-bond acceptors (Lipinski definition) is 6. The number of primary amides is 1. The van der Waals surface area contributed by atoms with Gasteiger partial charge in [-0.2, -0.15) is 0 Å². The van der Waals surface area contributed by atoms with E-state index < -0.39 is 16.6 Å². The molecule has 1 aromatic heterocycles. The third-order valence-electron chi connectivity index (χ3n) is 1.14. The quantitative estimate of drug-likeness (QED) is 0.529. The molecular formula is C5H7N3O4S. The zero-order valence-corrected chi connectivity index (χ0v) is 7.28. The van der Waals surface area contributed by atoms with Gasteiger partial charge in [-0.1, -0.05) is 5.16 Å². The maximum Gasteiger partial charge on any atom is 0.270 e. The molecule has 0 bridgehead atoms. The molecule has 1 aromatic rings. The molecule has 3 N–H and O–H groups in total. The van der Waals surface area contributed by atoms with Crippen molar-refractivity contribution in [2.24, 2.45) is 5.73 Å². The lowest BCUT2D eigenvalue weighted by Crippen LogP contribution is -2.10. The number of nitrogens with zero attached hydrogens (tertiary/aromatic N) is 1. The minimum absolute atomic E-state index is 0.0522. The molecule has 1 heterocycles. The van der Waals surface area contributed by atoms with Crippen LogP contribution in [0.3, 0.4) is 0 Å². The number of anilines is 1. The number of nitrogens with one attached hydrogen (secondary N) is 1. The van der Waals surface area contributed by atoms with E-state index in [4.69, 9.17) is 5.73 Å². The molecule has 0 aromatic carbocycles. The van der Waals surface area contributed by atoms with E-state index >= 15 is 0 Å². The van der Waals surface area contributed by atoms with Gasteiger partial charge < -0.3 is 15.6 Å². The summed E-state index contributed by atoms with van der Waals surface area (Å²) in [6, 6.07) is 1.22. The van der Waals surface area contributed by atoms with Gasteiger partial charge in [0.1, 0.15) is 5.88 Å². The molecule has 72 valence electrons. The predicted molar refractivity (Wildman–Crippen MR) is 43.8 cm³/mol. The van der Waals surface area contributed by atoms with Crippen molar-refractivity contribution < 1.29 is 17.7 Å². The average molecular weight is 205 g/mol. The Morgan fingerprint density at radius 2 is 2.38 bits per heavy atom. The van der Waals surface area contributed by atoms with Crippen molar-refractivity contribution in [3.8, 4) is 0 Å². The maximum atomic E-state index is 10.5. The van der Waals surface area contributed by atoms with Crippen molar-refractivity contribution in [3.63, 3.8) is 0 Å². The second-order valence-electron chi connectivity index (χ2n) is 2.11. The summed E-state index contributed by atoms with van der Waals surface area (Å²) < 4.78 is 24.8. The minimum atomic E-state index is -2.55. The van der Waals surface area contributed by atoms with Crippen molar-refractivity contribution in [1.82, 2.24) is 5.16 Å². The first-order valence-corrected chi connectivity index (χ1v) is 4.58. The number of carbonyl (C=O) groups excluding carboxylic acids is 1. The lowest BCUT2D eigenvalue weighted by Gasteiger charge is -1.91. The van der Waals surface area contributed by atoms with E-state index in [0.717, 1.165) is 0 Å². The molecule has 0 unspecified atom stereocenters. The van der Waals surface area contributed by atoms with Crippen molar-refractivity contribution in [3.05, 3.63) is 11.8 Å². The molecule has 0 spiro atoms. The summed E-state index contributed by atoms with van der Waals surface area (Å²) in [5.74, 6) is -0.917. The van der Waals surface area contributed by atoms with Gasteiger partial charge in [0.15, 0.2) is 16.4 Å². The van der Waals surface area contributed by atoms with Gasteiger partial charge in [0, 0.05) is 6.07 Å². The first-order chi connectivity index (χ1) is 6.09. The van der Waals surface area contributed by atoms with Crippen LogP contribution in [0.5, 0.6) is 0 Å². The van der Waals surface area contributed by atoms with Crippen LogP contribution in [0.4, 0.5) is 5.88 Å². The first kappa shape index (κ1) is 9.52. The number of rotatable bonds is 4. The molecule has 13 heavy (non-hydrogen) atoms. The van der Waals surface area contributed by atoms with Crippen LogP contribution in [-0.2, 0) is 10.7 Å². The Balaban J connectivity index is 2.64. The fourth-order valence-corrected chi connectivity index (χ4v) is 0.902. The van der Waals surface area contributed by atoms with Crippen LogP contribution in [0.25, 0.3) is 0 Å². The zero-order valence-electron chi connectivity index (χ0n) is 6.39. The standard InChI is InChI=1S/C5H7N3O4S/c6-5(9)3-1-4(12-8-3)7-2-13(10)11/h1,7,13H,2H2,(H2,6,9). The minimum Gasteiger partial charge on any atom is -0.364 e. The van der Waals surface area contributed by atoms with Crippen molar-refractivity contribution >= 4 is 22.5 Å². The topological polar surface area (TPSA) is 115 Å². The van der Waals surface area contributed by atoms with E-state index in [1.165, 1.54) is 6.07 Å². The summed E-state index contributed by atoms with van der Waals surface area (Å²) >= 11 is 0. The number of nitrogens with two attached hydrogens (primary N) is 1. The summed E-state index contributed by atoms with van der Waals surface area (Å²) in [6.45, 7) is 0. The lowest BCUT2D eigenvalue weighted by atomic mass is 10.4. The van der Waals surface area contributed by atoms with E-state index in [1.54, 1.807) is 0 Å². The van der Waals surface area contributed by atoms with Crippen molar-refractivity contribution in [2.45, 2.75) is 0 Å². The van der Waals surface area contributed by atoms with Gasteiger partial charge in [-0.15, -0.1) is 0 Å². The Bertz CT molecular complexity index is 375. The highest BCUT2D eigenvalue weighted by atomic mass is 32.2. The molecule has 8 heteroatoms. The van der Waals surface area contributed by atoms with Crippen LogP contribution in [0.15, 0.2) is 10.6 Å². The molecular weight excluding hydrogens is 198 g/mol. The Labute approximate surface area is 74.8 Å². The van der Waals surface area contributed by atoms with Gasteiger partial charge in [0.25, 0.3) is 5.91 Å². The van der Waals surface area contributed by atoms with E-state index in [1.807, 2.05) is 0 Å². The SMILES string of the molecule is NC(=O)c1cc(NC[SH](=O)=O)on1. The van der Waals surface area contributed by atoms with Crippen LogP contribution >= 0.6 is 0 Å². The predicted octanol–water partition coefficient (Wildman–Crippen LogP) is -1.25. The largest absolute Gasteiger partial charge is 0.364 e. The van der Waals surface area contributed by atoms with Gasteiger partial charge in [0.2, 0.25) is 5.88 Å². The van der Waals surface area contributed by atoms with Crippen molar-refractivity contribution in [1.29, 1.82) is 0 Å². The Kier molecular flexibility index (Phi) is 2.85. The van der Waals surface area contributed by atoms with E-state index in [9.17, 15) is 13.2 Å². The fourth-order valence-electron chi connectivity index (χ4n) is 0.617. The van der Waals surface area contributed by atoms with E-state index in [0.29, 0.717) is 0 Å². The van der Waals surface area contributed by atoms with Gasteiger partial charge in [-0.3, -0.25) is 4.79 Å². The highest BCUT2D eigenvalue weighted by Crippen LogP contribution is 2.07. The lowest BCUT2D eigenvalue weighted by molar-refractivity contribution is 0.0992. The number of thiol groups is 1. The summed E-state index contributed by atoms with van der Waals surface area (Å²) in [4.78, 5) is 10.5. The van der Waals surface area contributed by atoms with Crippen LogP contribution in [0, 0.1) is 0 Å². The highest BCUT2D eigenvalue weighted by Gasteiger charge is 2.07. The van der Waals surface area contributed by atoms with Crippen LogP contribution in [-0.4, -0.2) is 25.4 Å². The third-order valence-corrected chi connectivity index (χ3v) is 1.56. The molecule has 0 radical (unpaired) electrons. The zero-order chi connectivity index (χ0) is 9.84. The summed E-state index contributed by atoms with van der Waals surface area (Å²) in [7, 11) is -2.55. The molecule has 0 aliphatic carbocycles. The fraction of sp³-hybridized carbons (Fsp3) is 0.200. The number of hydrogen-bond donors (Lipinski definition) is 3. The normalized spacial score (nSPS) is 10.2. The average Bonchev–Trinajstić information content (AvgIpc) is 2.48. The maximum absolute atomic E-state index is 10.5. The Morgan fingerprint density at radius 1 is 1.69 bits per heavy atom. The molecule has 0 saturated heterocycles. The van der Waals surface area contributed by atoms with Crippen LogP contribution in [0.1, 0.15) is 10.5 Å². The van der Waals surface area contributed by atoms with Crippen LogP contribution in [0.2, 0.25) is 0 Å². The highest BCUT2D eigenvalue weighted by molar-refractivity contribution is 7.72. The molecule has 0 aliphatic heterocycles.